The van der Waals surface area contributed by atoms with Crippen LogP contribution in [-0.2, 0) is 24.4 Å². The van der Waals surface area contributed by atoms with Gasteiger partial charge in [0, 0.05) is 30.8 Å². The Balaban J connectivity index is 1.36. The zero-order valence-corrected chi connectivity index (χ0v) is 21.7. The Morgan fingerprint density at radius 3 is 2.87 bits per heavy atom. The molecule has 0 radical (unpaired) electrons. The van der Waals surface area contributed by atoms with Crippen LogP contribution in [0.3, 0.4) is 0 Å². The van der Waals surface area contributed by atoms with Gasteiger partial charge in [0.1, 0.15) is 0 Å². The average Bonchev–Trinajstić information content (AvgIpc) is 3.68. The lowest BCUT2D eigenvalue weighted by Gasteiger charge is -2.30. The molecule has 0 bridgehead atoms. The number of rotatable bonds is 9. The van der Waals surface area contributed by atoms with Gasteiger partial charge in [-0.1, -0.05) is 24.6 Å². The first kappa shape index (κ1) is 24.6. The summed E-state index contributed by atoms with van der Waals surface area (Å²) in [7, 11) is 0. The highest BCUT2D eigenvalue weighted by Gasteiger charge is 2.28. The molecule has 2 aromatic heterocycles. The number of nitrogens with zero attached hydrogens (tertiary/aromatic N) is 5. The number of tetrazole rings is 1. The van der Waals surface area contributed by atoms with Crippen molar-refractivity contribution in [1.82, 2.24) is 30.1 Å². The Hall–Kier alpha value is -3.76. The molecule has 2 aliphatic heterocycles. The minimum absolute atomic E-state index is 0.0918. The molecule has 38 heavy (non-hydrogen) atoms. The Morgan fingerprint density at radius 2 is 2.03 bits per heavy atom. The van der Waals surface area contributed by atoms with E-state index in [9.17, 15) is 4.79 Å². The quantitative estimate of drug-likeness (QED) is 0.357. The summed E-state index contributed by atoms with van der Waals surface area (Å²) in [5, 5.41) is 13.8. The fourth-order valence-electron chi connectivity index (χ4n) is 5.42. The summed E-state index contributed by atoms with van der Waals surface area (Å²) in [5.74, 6) is 2.25. The van der Waals surface area contributed by atoms with Gasteiger partial charge in [0.05, 0.1) is 18.7 Å². The third kappa shape index (κ3) is 5.01. The van der Waals surface area contributed by atoms with E-state index in [-0.39, 0.29) is 24.5 Å². The number of hydrogen-bond donors (Lipinski definition) is 1. The molecule has 2 aliphatic rings. The van der Waals surface area contributed by atoms with Crippen LogP contribution in [0.15, 0.2) is 47.3 Å². The lowest BCUT2D eigenvalue weighted by molar-refractivity contribution is 0.0888. The summed E-state index contributed by atoms with van der Waals surface area (Å²) < 4.78 is 18.8. The topological polar surface area (TPSA) is 107 Å². The highest BCUT2D eigenvalue weighted by Crippen LogP contribution is 2.34. The fourth-order valence-corrected chi connectivity index (χ4v) is 5.42. The molecule has 0 unspecified atom stereocenters. The number of aromatic amines is 1. The van der Waals surface area contributed by atoms with Gasteiger partial charge in [-0.15, -0.1) is 5.10 Å². The summed E-state index contributed by atoms with van der Waals surface area (Å²) >= 11 is 0. The molecule has 4 aromatic rings. The molecule has 0 saturated carbocycles. The predicted octanol–water partition coefficient (Wildman–Crippen LogP) is 3.88. The standard InChI is InChI=1S/C28H32N6O4/c1-3-24(27-30-31-32-34(27)16-22-5-4-10-36-22)33(14-19-7-9-25-26(12-19)38-17-37-25)15-21-13-20-11-18(2)6-8-23(20)29-28(21)35/h6-9,11-13,22,24H,3-5,10,14-17H2,1-2H3,(H,29,35)/t22-,24+/m1/s1. The Labute approximate surface area is 220 Å². The van der Waals surface area contributed by atoms with Crippen molar-refractivity contribution in [2.45, 2.75) is 64.9 Å². The lowest BCUT2D eigenvalue weighted by Crippen LogP contribution is -2.33. The summed E-state index contributed by atoms with van der Waals surface area (Å²) in [4.78, 5) is 18.5. The van der Waals surface area contributed by atoms with Crippen LogP contribution in [0, 0.1) is 6.92 Å². The number of H-pyrrole nitrogens is 1. The van der Waals surface area contributed by atoms with Gasteiger partial charge in [-0.3, -0.25) is 9.69 Å². The molecule has 1 saturated heterocycles. The van der Waals surface area contributed by atoms with E-state index in [4.69, 9.17) is 14.2 Å². The molecule has 0 amide bonds. The maximum Gasteiger partial charge on any atom is 0.252 e. The summed E-state index contributed by atoms with van der Waals surface area (Å²) in [6.07, 6.45) is 2.94. The van der Waals surface area contributed by atoms with Crippen molar-refractivity contribution in [1.29, 1.82) is 0 Å². The predicted molar refractivity (Wildman–Crippen MR) is 141 cm³/mol. The molecule has 1 N–H and O–H groups in total. The number of hydrogen-bond acceptors (Lipinski definition) is 8. The maximum atomic E-state index is 13.2. The molecule has 1 fully saturated rings. The van der Waals surface area contributed by atoms with Crippen LogP contribution in [0.5, 0.6) is 11.5 Å². The number of ether oxygens (including phenoxy) is 3. The average molecular weight is 517 g/mol. The Morgan fingerprint density at radius 1 is 1.13 bits per heavy atom. The molecule has 4 heterocycles. The number of aryl methyl sites for hydroxylation is 1. The van der Waals surface area contributed by atoms with Gasteiger partial charge in [0.15, 0.2) is 17.3 Å². The molecule has 2 atom stereocenters. The fraction of sp³-hybridized carbons (Fsp3) is 0.429. The number of benzene rings is 2. The first-order valence-electron chi connectivity index (χ1n) is 13.2. The molecule has 10 nitrogen and oxygen atoms in total. The van der Waals surface area contributed by atoms with E-state index in [2.05, 4.69) is 45.3 Å². The first-order valence-corrected chi connectivity index (χ1v) is 13.2. The van der Waals surface area contributed by atoms with E-state index < -0.39 is 0 Å². The largest absolute Gasteiger partial charge is 0.454 e. The highest BCUT2D eigenvalue weighted by molar-refractivity contribution is 5.79. The van der Waals surface area contributed by atoms with Gasteiger partial charge in [0.2, 0.25) is 6.79 Å². The zero-order chi connectivity index (χ0) is 26.1. The highest BCUT2D eigenvalue weighted by atomic mass is 16.7. The molecule has 2 aromatic carbocycles. The van der Waals surface area contributed by atoms with E-state index in [0.29, 0.717) is 25.2 Å². The minimum atomic E-state index is -0.121. The molecule has 0 aliphatic carbocycles. The SMILES string of the molecule is CC[C@@H](c1nnnn1C[C@H]1CCCO1)N(Cc1ccc2c(c1)OCO2)Cc1cc2cc(C)ccc2[nH]c1=O. The van der Waals surface area contributed by atoms with Crippen LogP contribution in [0.25, 0.3) is 10.9 Å². The van der Waals surface area contributed by atoms with Crippen molar-refractivity contribution in [3.63, 3.8) is 0 Å². The van der Waals surface area contributed by atoms with Crippen molar-refractivity contribution in [3.8, 4) is 11.5 Å². The Bertz CT molecular complexity index is 1490. The van der Waals surface area contributed by atoms with Gasteiger partial charge >= 0.3 is 0 Å². The van der Waals surface area contributed by atoms with E-state index in [1.807, 2.05) is 41.1 Å². The number of fused-ring (bicyclic) bond motifs is 2. The summed E-state index contributed by atoms with van der Waals surface area (Å²) in [5.41, 5.74) is 3.64. The third-order valence-corrected chi connectivity index (χ3v) is 7.36. The van der Waals surface area contributed by atoms with Crippen molar-refractivity contribution >= 4 is 10.9 Å². The molecule has 6 rings (SSSR count). The number of aromatic nitrogens is 5. The lowest BCUT2D eigenvalue weighted by atomic mass is 10.1. The molecule has 0 spiro atoms. The smallest absolute Gasteiger partial charge is 0.252 e. The van der Waals surface area contributed by atoms with Gasteiger partial charge in [-0.05, 0) is 77.9 Å². The second kappa shape index (κ2) is 10.5. The van der Waals surface area contributed by atoms with Crippen molar-refractivity contribution < 1.29 is 14.2 Å². The van der Waals surface area contributed by atoms with Crippen LogP contribution in [0.1, 0.15) is 54.7 Å². The van der Waals surface area contributed by atoms with Crippen LogP contribution in [0.4, 0.5) is 0 Å². The first-order chi connectivity index (χ1) is 18.6. The van der Waals surface area contributed by atoms with Crippen LogP contribution >= 0.6 is 0 Å². The normalized spacial score (nSPS) is 17.5. The van der Waals surface area contributed by atoms with E-state index in [1.54, 1.807) is 0 Å². The monoisotopic (exact) mass is 516 g/mol. The van der Waals surface area contributed by atoms with Gasteiger partial charge in [-0.2, -0.15) is 0 Å². The number of nitrogens with one attached hydrogen (secondary N) is 1. The Kier molecular flexibility index (Phi) is 6.82. The molecule has 198 valence electrons. The third-order valence-electron chi connectivity index (χ3n) is 7.36. The maximum absolute atomic E-state index is 13.2. The van der Waals surface area contributed by atoms with Crippen LogP contribution in [-0.4, -0.2) is 49.6 Å². The van der Waals surface area contributed by atoms with Crippen molar-refractivity contribution in [2.24, 2.45) is 0 Å². The molecule has 10 heteroatoms. The second-order valence-corrected chi connectivity index (χ2v) is 10.1. The van der Waals surface area contributed by atoms with E-state index >= 15 is 0 Å². The van der Waals surface area contributed by atoms with E-state index in [1.165, 1.54) is 0 Å². The summed E-state index contributed by atoms with van der Waals surface area (Å²) in [6.45, 7) is 6.80. The van der Waals surface area contributed by atoms with Crippen molar-refractivity contribution in [2.75, 3.05) is 13.4 Å². The van der Waals surface area contributed by atoms with Gasteiger partial charge < -0.3 is 19.2 Å². The van der Waals surface area contributed by atoms with Crippen LogP contribution in [0.2, 0.25) is 0 Å². The van der Waals surface area contributed by atoms with Gasteiger partial charge in [0.25, 0.3) is 5.56 Å². The second-order valence-electron chi connectivity index (χ2n) is 10.1. The van der Waals surface area contributed by atoms with Crippen LogP contribution < -0.4 is 15.0 Å². The molecular weight excluding hydrogens is 484 g/mol. The minimum Gasteiger partial charge on any atom is -0.454 e. The van der Waals surface area contributed by atoms with Gasteiger partial charge in [-0.25, -0.2) is 4.68 Å². The summed E-state index contributed by atoms with van der Waals surface area (Å²) in [6, 6.07) is 13.9. The molecular formula is C28H32N6O4. The van der Waals surface area contributed by atoms with Crippen molar-refractivity contribution in [3.05, 3.63) is 75.3 Å². The number of pyridine rings is 1. The zero-order valence-electron chi connectivity index (χ0n) is 21.7. The van der Waals surface area contributed by atoms with E-state index in [0.717, 1.165) is 65.2 Å².